The van der Waals surface area contributed by atoms with Crippen LogP contribution in [-0.4, -0.2) is 71.3 Å². The van der Waals surface area contributed by atoms with Crippen LogP contribution in [0, 0.1) is 0 Å². The van der Waals surface area contributed by atoms with E-state index in [2.05, 4.69) is 32.1 Å². The lowest BCUT2D eigenvalue weighted by molar-refractivity contribution is -0.137. The van der Waals surface area contributed by atoms with E-state index in [1.54, 1.807) is 6.07 Å². The van der Waals surface area contributed by atoms with Gasteiger partial charge in [-0.2, -0.15) is 23.1 Å². The number of likely N-dealkylation sites (N-methyl/N-ethyl adjacent to an activating group) is 1. The predicted molar refractivity (Wildman–Crippen MR) is 141 cm³/mol. The average Bonchev–Trinajstić information content (AvgIpc) is 3.62. The third-order valence-electron chi connectivity index (χ3n) is 8.11. The van der Waals surface area contributed by atoms with Crippen LogP contribution in [0.5, 0.6) is 6.01 Å². The lowest BCUT2D eigenvalue weighted by atomic mass is 10.0. The Kier molecular flexibility index (Phi) is 6.27. The van der Waals surface area contributed by atoms with Gasteiger partial charge >= 0.3 is 12.2 Å². The molecule has 2 saturated heterocycles. The molecule has 3 N–H and O–H groups in total. The summed E-state index contributed by atoms with van der Waals surface area (Å²) in [7, 11) is 2.15. The maximum atomic E-state index is 13.8. The molecule has 4 heterocycles. The molecular weight excluding hydrogens is 519 g/mol. The van der Waals surface area contributed by atoms with Crippen LogP contribution in [0.3, 0.4) is 0 Å². The van der Waals surface area contributed by atoms with Gasteiger partial charge in [-0.1, -0.05) is 11.6 Å². The van der Waals surface area contributed by atoms with Crippen molar-refractivity contribution in [3.63, 3.8) is 0 Å². The Morgan fingerprint density at radius 1 is 1.13 bits per heavy atom. The third kappa shape index (κ3) is 4.60. The molecule has 12 heteroatoms. The van der Waals surface area contributed by atoms with Gasteiger partial charge in [0.2, 0.25) is 0 Å². The number of anilines is 2. The van der Waals surface area contributed by atoms with Gasteiger partial charge in [0.1, 0.15) is 18.2 Å². The van der Waals surface area contributed by atoms with Crippen molar-refractivity contribution in [2.75, 3.05) is 50.5 Å². The number of nitrogens with zero attached hydrogens (tertiary/aromatic N) is 5. The van der Waals surface area contributed by atoms with E-state index < -0.39 is 11.7 Å². The highest BCUT2D eigenvalue weighted by molar-refractivity contribution is 6.34. The number of hydrogen-bond donors (Lipinski definition) is 2. The highest BCUT2D eigenvalue weighted by Crippen LogP contribution is 2.51. The molecule has 6 rings (SSSR count). The second-order valence-corrected chi connectivity index (χ2v) is 10.8. The van der Waals surface area contributed by atoms with E-state index in [0.29, 0.717) is 42.0 Å². The van der Waals surface area contributed by atoms with Crippen LogP contribution < -0.4 is 20.7 Å². The van der Waals surface area contributed by atoms with Crippen LogP contribution in [0.1, 0.15) is 31.2 Å². The SMILES string of the molecule is CN1C(COc2nc(N3CCNCC3)c3cc(Cl)c(-c4nc(N)ccc4C(F)(F)F)cc3n2)CCC12CC2. The molecular formula is C26H29ClF3N7O. The van der Waals surface area contributed by atoms with E-state index in [-0.39, 0.29) is 34.2 Å². The molecule has 202 valence electrons. The Labute approximate surface area is 223 Å². The van der Waals surface area contributed by atoms with Crippen molar-refractivity contribution < 1.29 is 17.9 Å². The average molecular weight is 548 g/mol. The number of nitrogens with one attached hydrogen (secondary N) is 1. The molecule has 0 bridgehead atoms. The first-order valence-electron chi connectivity index (χ1n) is 12.8. The summed E-state index contributed by atoms with van der Waals surface area (Å²) in [5.74, 6) is 0.612. The molecule has 2 aliphatic heterocycles. The zero-order valence-corrected chi connectivity index (χ0v) is 21.7. The van der Waals surface area contributed by atoms with Crippen molar-refractivity contribution in [3.8, 4) is 17.3 Å². The van der Waals surface area contributed by atoms with E-state index in [9.17, 15) is 13.2 Å². The second kappa shape index (κ2) is 9.39. The van der Waals surface area contributed by atoms with Gasteiger partial charge in [0.25, 0.3) is 0 Å². The van der Waals surface area contributed by atoms with E-state index in [4.69, 9.17) is 27.1 Å². The fourth-order valence-corrected chi connectivity index (χ4v) is 5.94. The maximum absolute atomic E-state index is 13.8. The van der Waals surface area contributed by atoms with Gasteiger partial charge in [-0.15, -0.1) is 0 Å². The van der Waals surface area contributed by atoms with Gasteiger partial charge in [-0.3, -0.25) is 4.90 Å². The molecule has 3 aromatic rings. The van der Waals surface area contributed by atoms with Crippen LogP contribution in [0.15, 0.2) is 24.3 Å². The Morgan fingerprint density at radius 2 is 1.89 bits per heavy atom. The summed E-state index contributed by atoms with van der Waals surface area (Å²) in [5.41, 5.74) is 5.37. The quantitative estimate of drug-likeness (QED) is 0.487. The van der Waals surface area contributed by atoms with Crippen LogP contribution in [0.2, 0.25) is 5.02 Å². The predicted octanol–water partition coefficient (Wildman–Crippen LogP) is 4.36. The molecule has 0 radical (unpaired) electrons. The van der Waals surface area contributed by atoms with Gasteiger partial charge in [0.05, 0.1) is 21.8 Å². The summed E-state index contributed by atoms with van der Waals surface area (Å²) in [4.78, 5) is 17.9. The largest absolute Gasteiger partial charge is 0.462 e. The molecule has 8 nitrogen and oxygen atoms in total. The summed E-state index contributed by atoms with van der Waals surface area (Å²) < 4.78 is 47.6. The molecule has 1 aromatic carbocycles. The number of pyridine rings is 1. The number of nitrogens with two attached hydrogens (primary N) is 1. The topological polar surface area (TPSA) is 92.4 Å². The fraction of sp³-hybridized carbons (Fsp3) is 0.500. The standard InChI is InChI=1S/C26H29ClF3N7O/c1-36-15(4-5-25(36)6-7-25)14-38-24-33-20-13-16(22-18(26(28,29)30)2-3-21(31)34-22)19(27)12-17(20)23(35-24)37-10-8-32-9-11-37/h2-3,12-13,15,32H,4-11,14H2,1H3,(H2,31,34). The summed E-state index contributed by atoms with van der Waals surface area (Å²) in [6.45, 7) is 3.44. The minimum absolute atomic E-state index is 0.0357. The first-order valence-corrected chi connectivity index (χ1v) is 13.2. The number of alkyl halides is 3. The zero-order chi connectivity index (χ0) is 26.7. The Balaban J connectivity index is 1.42. The van der Waals surface area contributed by atoms with E-state index in [1.807, 2.05) is 0 Å². The van der Waals surface area contributed by atoms with Crippen molar-refractivity contribution in [2.24, 2.45) is 0 Å². The Hall–Kier alpha value is -2.89. The number of rotatable bonds is 5. The second-order valence-electron chi connectivity index (χ2n) is 10.4. The van der Waals surface area contributed by atoms with E-state index in [1.165, 1.54) is 25.3 Å². The number of fused-ring (bicyclic) bond motifs is 1. The van der Waals surface area contributed by atoms with E-state index >= 15 is 0 Å². The third-order valence-corrected chi connectivity index (χ3v) is 8.42. The highest BCUT2D eigenvalue weighted by Gasteiger charge is 2.52. The maximum Gasteiger partial charge on any atom is 0.418 e. The fourth-order valence-electron chi connectivity index (χ4n) is 5.69. The molecule has 1 saturated carbocycles. The van der Waals surface area contributed by atoms with Crippen molar-refractivity contribution in [1.82, 2.24) is 25.2 Å². The number of nitrogen functional groups attached to an aromatic ring is 1. The van der Waals surface area contributed by atoms with Gasteiger partial charge in [-0.05, 0) is 57.0 Å². The van der Waals surface area contributed by atoms with Crippen LogP contribution in [0.25, 0.3) is 22.2 Å². The van der Waals surface area contributed by atoms with Gasteiger partial charge in [-0.25, -0.2) is 4.98 Å². The number of halogens is 4. The molecule has 2 aromatic heterocycles. The van der Waals surface area contributed by atoms with E-state index in [0.717, 1.165) is 31.6 Å². The summed E-state index contributed by atoms with van der Waals surface area (Å²) in [6.07, 6.45) is 0.0310. The minimum Gasteiger partial charge on any atom is -0.462 e. The smallest absolute Gasteiger partial charge is 0.418 e. The number of benzene rings is 1. The van der Waals surface area contributed by atoms with Gasteiger partial charge < -0.3 is 20.7 Å². The van der Waals surface area contributed by atoms with Gasteiger partial charge in [0, 0.05) is 48.7 Å². The first kappa shape index (κ1) is 25.4. The molecule has 38 heavy (non-hydrogen) atoms. The molecule has 3 fully saturated rings. The zero-order valence-electron chi connectivity index (χ0n) is 21.0. The number of likely N-dealkylation sites (tertiary alicyclic amines) is 1. The van der Waals surface area contributed by atoms with Crippen LogP contribution in [0.4, 0.5) is 24.8 Å². The van der Waals surface area contributed by atoms with Gasteiger partial charge in [0.15, 0.2) is 0 Å². The monoisotopic (exact) mass is 547 g/mol. The molecule has 1 spiro atoms. The normalized spacial score (nSPS) is 21.4. The summed E-state index contributed by atoms with van der Waals surface area (Å²) in [5, 5.41) is 4.07. The number of hydrogen-bond acceptors (Lipinski definition) is 8. The number of ether oxygens (including phenoxy) is 1. The lowest BCUT2D eigenvalue weighted by Gasteiger charge is -2.30. The van der Waals surface area contributed by atoms with Crippen LogP contribution >= 0.6 is 11.6 Å². The Bertz CT molecular complexity index is 1380. The molecule has 1 unspecified atom stereocenters. The van der Waals surface area contributed by atoms with Crippen molar-refractivity contribution in [2.45, 2.75) is 43.4 Å². The molecule has 3 aliphatic rings. The summed E-state index contributed by atoms with van der Waals surface area (Å²) >= 11 is 6.59. The molecule has 1 aliphatic carbocycles. The highest BCUT2D eigenvalue weighted by atomic mass is 35.5. The summed E-state index contributed by atoms with van der Waals surface area (Å²) in [6, 6.07) is 5.65. The van der Waals surface area contributed by atoms with Crippen molar-refractivity contribution in [1.29, 1.82) is 0 Å². The molecule has 0 amide bonds. The number of piperazine rings is 1. The lowest BCUT2D eigenvalue weighted by Crippen LogP contribution is -2.44. The minimum atomic E-state index is -4.63. The Morgan fingerprint density at radius 3 is 2.58 bits per heavy atom. The van der Waals surface area contributed by atoms with Crippen molar-refractivity contribution in [3.05, 3.63) is 34.9 Å². The van der Waals surface area contributed by atoms with Crippen molar-refractivity contribution >= 4 is 34.1 Å². The first-order chi connectivity index (χ1) is 18.1. The number of aromatic nitrogens is 3. The molecule has 1 atom stereocenters. The van der Waals surface area contributed by atoms with Crippen LogP contribution in [-0.2, 0) is 6.18 Å².